The largest absolute Gasteiger partial charge is 0.399 e. The van der Waals surface area contributed by atoms with Gasteiger partial charge in [-0.25, -0.2) is 4.98 Å². The lowest BCUT2D eigenvalue weighted by atomic mass is 10.3. The lowest BCUT2D eigenvalue weighted by Crippen LogP contribution is -2.14. The van der Waals surface area contributed by atoms with Gasteiger partial charge < -0.3 is 11.1 Å². The number of nitrogens with two attached hydrogens (primary N) is 1. The Kier molecular flexibility index (Phi) is 3.89. The second-order valence-electron chi connectivity index (χ2n) is 4.47. The Hall–Kier alpha value is -1.93. The van der Waals surface area contributed by atoms with Crippen LogP contribution in [0.15, 0.2) is 35.1 Å². The Morgan fingerprint density at radius 1 is 1.48 bits per heavy atom. The van der Waals surface area contributed by atoms with Crippen LogP contribution in [-0.2, 0) is 11.3 Å². The molecule has 0 bridgehead atoms. The summed E-state index contributed by atoms with van der Waals surface area (Å²) < 4.78 is 3.57. The number of hydrogen-bond donors (Lipinski definition) is 2. The highest BCUT2D eigenvalue weighted by Gasteiger charge is 2.08. The smallest absolute Gasteiger partial charge is 0.228 e. The number of amides is 1. The van der Waals surface area contributed by atoms with E-state index in [0.29, 0.717) is 23.8 Å². The molecule has 0 saturated heterocycles. The standard InChI is InChI=1S/C13H12BrN5OS/c14-8-6-16-19(7-8)4-3-12(20)18-13-17-10-2-1-9(15)5-11(10)21-13/h1-2,5-7H,3-4,15H2,(H,17,18,20). The summed E-state index contributed by atoms with van der Waals surface area (Å²) in [6.07, 6.45) is 3.86. The van der Waals surface area contributed by atoms with E-state index in [9.17, 15) is 4.79 Å². The van der Waals surface area contributed by atoms with E-state index in [-0.39, 0.29) is 5.91 Å². The van der Waals surface area contributed by atoms with Crippen LogP contribution in [0.5, 0.6) is 0 Å². The van der Waals surface area contributed by atoms with Crippen molar-refractivity contribution in [2.24, 2.45) is 0 Å². The van der Waals surface area contributed by atoms with Crippen molar-refractivity contribution in [3.8, 4) is 0 Å². The summed E-state index contributed by atoms with van der Waals surface area (Å²) >= 11 is 4.73. The Bertz CT molecular complexity index is 797. The summed E-state index contributed by atoms with van der Waals surface area (Å²) in [7, 11) is 0. The molecule has 0 aliphatic rings. The summed E-state index contributed by atoms with van der Waals surface area (Å²) in [5.74, 6) is -0.0892. The predicted octanol–water partition coefficient (Wildman–Crippen LogP) is 2.87. The van der Waals surface area contributed by atoms with Crippen molar-refractivity contribution < 1.29 is 4.79 Å². The summed E-state index contributed by atoms with van der Waals surface area (Å²) in [5.41, 5.74) is 7.25. The van der Waals surface area contributed by atoms with Crippen LogP contribution in [0.2, 0.25) is 0 Å². The van der Waals surface area contributed by atoms with Crippen LogP contribution in [-0.4, -0.2) is 20.7 Å². The number of benzene rings is 1. The maximum absolute atomic E-state index is 11.9. The number of fused-ring (bicyclic) bond motifs is 1. The van der Waals surface area contributed by atoms with Crippen LogP contribution in [0.1, 0.15) is 6.42 Å². The molecule has 3 rings (SSSR count). The van der Waals surface area contributed by atoms with Gasteiger partial charge in [0.1, 0.15) is 0 Å². The van der Waals surface area contributed by atoms with Gasteiger partial charge in [0.25, 0.3) is 0 Å². The zero-order valence-electron chi connectivity index (χ0n) is 10.9. The molecule has 108 valence electrons. The maximum atomic E-state index is 11.9. The monoisotopic (exact) mass is 365 g/mol. The first-order chi connectivity index (χ1) is 10.1. The fourth-order valence-corrected chi connectivity index (χ4v) is 3.11. The molecule has 0 fully saturated rings. The zero-order valence-corrected chi connectivity index (χ0v) is 13.3. The Balaban J connectivity index is 1.63. The third-order valence-corrected chi connectivity index (χ3v) is 4.17. The van der Waals surface area contributed by atoms with Crippen molar-refractivity contribution in [2.75, 3.05) is 11.1 Å². The van der Waals surface area contributed by atoms with Gasteiger partial charge in [0.15, 0.2) is 5.13 Å². The number of rotatable bonds is 4. The number of nitrogen functional groups attached to an aromatic ring is 1. The first-order valence-electron chi connectivity index (χ1n) is 6.24. The Labute approximate surface area is 133 Å². The number of thiazole rings is 1. The van der Waals surface area contributed by atoms with Crippen molar-refractivity contribution in [2.45, 2.75) is 13.0 Å². The van der Waals surface area contributed by atoms with Crippen LogP contribution in [0.25, 0.3) is 10.2 Å². The molecule has 8 heteroatoms. The summed E-state index contributed by atoms with van der Waals surface area (Å²) in [5, 5.41) is 7.49. The normalized spacial score (nSPS) is 10.9. The minimum atomic E-state index is -0.0892. The van der Waals surface area contributed by atoms with Crippen molar-refractivity contribution in [1.82, 2.24) is 14.8 Å². The van der Waals surface area contributed by atoms with Gasteiger partial charge in [0.2, 0.25) is 5.91 Å². The first-order valence-corrected chi connectivity index (χ1v) is 7.85. The number of halogens is 1. The molecule has 1 amide bonds. The number of aryl methyl sites for hydroxylation is 1. The molecule has 0 aliphatic heterocycles. The fraction of sp³-hybridized carbons (Fsp3) is 0.154. The van der Waals surface area contributed by atoms with Gasteiger partial charge in [-0.3, -0.25) is 9.48 Å². The Morgan fingerprint density at radius 2 is 2.33 bits per heavy atom. The molecule has 0 aliphatic carbocycles. The molecule has 0 unspecified atom stereocenters. The quantitative estimate of drug-likeness (QED) is 0.696. The number of nitrogens with zero attached hydrogens (tertiary/aromatic N) is 3. The van der Waals surface area contributed by atoms with Crippen molar-refractivity contribution >= 4 is 54.2 Å². The van der Waals surface area contributed by atoms with Gasteiger partial charge in [-0.2, -0.15) is 5.10 Å². The van der Waals surface area contributed by atoms with E-state index in [1.165, 1.54) is 11.3 Å². The molecule has 3 N–H and O–H groups in total. The van der Waals surface area contributed by atoms with Gasteiger partial charge in [-0.05, 0) is 34.1 Å². The molecular formula is C13H12BrN5OS. The summed E-state index contributed by atoms with van der Waals surface area (Å²) in [6, 6.07) is 5.49. The number of carbonyl (C=O) groups excluding carboxylic acids is 1. The molecule has 2 heterocycles. The van der Waals surface area contributed by atoms with Gasteiger partial charge in [0, 0.05) is 24.8 Å². The molecule has 21 heavy (non-hydrogen) atoms. The van der Waals surface area contributed by atoms with E-state index in [2.05, 4.69) is 31.3 Å². The highest BCUT2D eigenvalue weighted by atomic mass is 79.9. The van der Waals surface area contributed by atoms with Crippen molar-refractivity contribution in [3.63, 3.8) is 0 Å². The van der Waals surface area contributed by atoms with Gasteiger partial charge in [-0.1, -0.05) is 11.3 Å². The topological polar surface area (TPSA) is 85.8 Å². The number of hydrogen-bond acceptors (Lipinski definition) is 5. The van der Waals surface area contributed by atoms with Crippen molar-refractivity contribution in [1.29, 1.82) is 0 Å². The lowest BCUT2D eigenvalue weighted by Gasteiger charge is -2.01. The molecular weight excluding hydrogens is 354 g/mol. The van der Waals surface area contributed by atoms with Crippen LogP contribution < -0.4 is 11.1 Å². The minimum Gasteiger partial charge on any atom is -0.399 e. The molecule has 6 nitrogen and oxygen atoms in total. The van der Waals surface area contributed by atoms with Gasteiger partial charge >= 0.3 is 0 Å². The number of carbonyl (C=O) groups is 1. The maximum Gasteiger partial charge on any atom is 0.228 e. The van der Waals surface area contributed by atoms with Crippen molar-refractivity contribution in [3.05, 3.63) is 35.1 Å². The predicted molar refractivity (Wildman–Crippen MR) is 87.2 cm³/mol. The minimum absolute atomic E-state index is 0.0892. The average Bonchev–Trinajstić information content (AvgIpc) is 3.01. The number of aromatic nitrogens is 3. The van der Waals surface area contributed by atoms with Crippen LogP contribution in [0.4, 0.5) is 10.8 Å². The average molecular weight is 366 g/mol. The highest BCUT2D eigenvalue weighted by molar-refractivity contribution is 9.10. The molecule has 0 atom stereocenters. The van der Waals surface area contributed by atoms with Gasteiger partial charge in [0.05, 0.1) is 20.9 Å². The molecule has 1 aromatic carbocycles. The SMILES string of the molecule is Nc1ccc2nc(NC(=O)CCn3cc(Br)cn3)sc2c1. The third kappa shape index (κ3) is 3.40. The molecule has 0 saturated carbocycles. The lowest BCUT2D eigenvalue weighted by molar-refractivity contribution is -0.116. The number of nitrogens with one attached hydrogen (secondary N) is 1. The summed E-state index contributed by atoms with van der Waals surface area (Å²) in [4.78, 5) is 16.3. The van der Waals surface area contributed by atoms with E-state index < -0.39 is 0 Å². The molecule has 0 spiro atoms. The summed E-state index contributed by atoms with van der Waals surface area (Å²) in [6.45, 7) is 0.523. The Morgan fingerprint density at radius 3 is 3.10 bits per heavy atom. The van der Waals surface area contributed by atoms with E-state index in [1.807, 2.05) is 18.3 Å². The van der Waals surface area contributed by atoms with Crippen LogP contribution in [0.3, 0.4) is 0 Å². The van der Waals surface area contributed by atoms with E-state index in [0.717, 1.165) is 14.7 Å². The molecule has 0 radical (unpaired) electrons. The second kappa shape index (κ2) is 5.82. The fourth-order valence-electron chi connectivity index (χ4n) is 1.85. The zero-order chi connectivity index (χ0) is 14.8. The second-order valence-corrected chi connectivity index (χ2v) is 6.41. The number of anilines is 2. The van der Waals surface area contributed by atoms with E-state index in [1.54, 1.807) is 16.9 Å². The molecule has 2 aromatic heterocycles. The highest BCUT2D eigenvalue weighted by Crippen LogP contribution is 2.27. The van der Waals surface area contributed by atoms with Crippen LogP contribution >= 0.6 is 27.3 Å². The van der Waals surface area contributed by atoms with E-state index in [4.69, 9.17) is 5.73 Å². The molecule has 3 aromatic rings. The van der Waals surface area contributed by atoms with E-state index >= 15 is 0 Å². The first kappa shape index (κ1) is 14.0. The van der Waals surface area contributed by atoms with Gasteiger partial charge in [-0.15, -0.1) is 0 Å². The van der Waals surface area contributed by atoms with Crippen LogP contribution in [0, 0.1) is 0 Å². The third-order valence-electron chi connectivity index (χ3n) is 2.83.